The van der Waals surface area contributed by atoms with Gasteiger partial charge >= 0.3 is 0 Å². The second-order valence-corrected chi connectivity index (χ2v) is 4.41. The number of carbonyl (C=O) groups is 1. The summed E-state index contributed by atoms with van der Waals surface area (Å²) in [7, 11) is 3.47. The zero-order valence-corrected chi connectivity index (χ0v) is 11.5. The fourth-order valence-electron chi connectivity index (χ4n) is 1.76. The molecular formula is C12H19N5O3. The monoisotopic (exact) mass is 281 g/mol. The lowest BCUT2D eigenvalue weighted by molar-refractivity contribution is -0.384. The van der Waals surface area contributed by atoms with E-state index in [4.69, 9.17) is 5.84 Å². The standard InChI is InChI=1S/C12H19N5O3/c1-14-12(18)5-6-16(2)8-9-3-4-11(17(19)20)10(7-9)15-13/h3-4,7,15H,5-6,8,13H2,1-2H3,(H,14,18). The minimum atomic E-state index is -0.492. The molecule has 1 aromatic rings. The number of amides is 1. The summed E-state index contributed by atoms with van der Waals surface area (Å²) in [5.74, 6) is 5.26. The number of hydrogen-bond donors (Lipinski definition) is 3. The van der Waals surface area contributed by atoms with Gasteiger partial charge in [0.1, 0.15) is 5.69 Å². The zero-order valence-electron chi connectivity index (χ0n) is 11.5. The van der Waals surface area contributed by atoms with Crippen LogP contribution in [0.1, 0.15) is 12.0 Å². The van der Waals surface area contributed by atoms with Gasteiger partial charge in [0.2, 0.25) is 5.91 Å². The molecule has 0 atom stereocenters. The number of nitro benzene ring substituents is 1. The van der Waals surface area contributed by atoms with Crippen molar-refractivity contribution in [1.82, 2.24) is 10.2 Å². The minimum Gasteiger partial charge on any atom is -0.359 e. The maximum absolute atomic E-state index is 11.1. The molecule has 20 heavy (non-hydrogen) atoms. The molecule has 0 aliphatic heterocycles. The summed E-state index contributed by atoms with van der Waals surface area (Å²) in [5, 5.41) is 13.3. The minimum absolute atomic E-state index is 0.0233. The van der Waals surface area contributed by atoms with E-state index in [1.54, 1.807) is 19.2 Å². The first-order valence-corrected chi connectivity index (χ1v) is 6.11. The number of hydrogen-bond acceptors (Lipinski definition) is 6. The smallest absolute Gasteiger partial charge is 0.293 e. The molecule has 0 bridgehead atoms. The van der Waals surface area contributed by atoms with Gasteiger partial charge in [-0.25, -0.2) is 0 Å². The lowest BCUT2D eigenvalue weighted by Gasteiger charge is -2.16. The van der Waals surface area contributed by atoms with Crippen LogP contribution in [0.3, 0.4) is 0 Å². The number of nitro groups is 1. The van der Waals surface area contributed by atoms with Gasteiger partial charge in [0, 0.05) is 32.6 Å². The Kier molecular flexibility index (Phi) is 5.88. The van der Waals surface area contributed by atoms with E-state index in [-0.39, 0.29) is 17.3 Å². The van der Waals surface area contributed by atoms with Crippen LogP contribution in [0.4, 0.5) is 11.4 Å². The molecule has 8 nitrogen and oxygen atoms in total. The van der Waals surface area contributed by atoms with E-state index in [9.17, 15) is 14.9 Å². The van der Waals surface area contributed by atoms with E-state index >= 15 is 0 Å². The third kappa shape index (κ3) is 4.48. The number of rotatable bonds is 7. The van der Waals surface area contributed by atoms with Gasteiger partial charge in [-0.05, 0) is 18.7 Å². The summed E-state index contributed by atoms with van der Waals surface area (Å²) in [5.41, 5.74) is 3.41. The average Bonchev–Trinajstić information content (AvgIpc) is 2.44. The number of hydrazine groups is 1. The summed E-state index contributed by atoms with van der Waals surface area (Å²) >= 11 is 0. The van der Waals surface area contributed by atoms with Gasteiger partial charge in [-0.1, -0.05) is 6.07 Å². The molecule has 0 unspecified atom stereocenters. The maximum Gasteiger partial charge on any atom is 0.293 e. The molecule has 0 aliphatic carbocycles. The molecule has 0 radical (unpaired) electrons. The van der Waals surface area contributed by atoms with Crippen molar-refractivity contribution < 1.29 is 9.72 Å². The predicted octanol–water partition coefficient (Wildman–Crippen LogP) is 0.448. The van der Waals surface area contributed by atoms with Gasteiger partial charge in [-0.15, -0.1) is 0 Å². The Hall–Kier alpha value is -2.19. The van der Waals surface area contributed by atoms with E-state index in [0.29, 0.717) is 19.5 Å². The molecule has 4 N–H and O–H groups in total. The Morgan fingerprint density at radius 2 is 2.20 bits per heavy atom. The molecule has 8 heteroatoms. The Morgan fingerprint density at radius 1 is 1.50 bits per heavy atom. The number of benzene rings is 1. The van der Waals surface area contributed by atoms with Crippen molar-refractivity contribution in [3.05, 3.63) is 33.9 Å². The molecule has 0 aromatic heterocycles. The normalized spacial score (nSPS) is 10.4. The van der Waals surface area contributed by atoms with Gasteiger partial charge in [-0.3, -0.25) is 20.8 Å². The van der Waals surface area contributed by atoms with Crippen LogP contribution in [-0.4, -0.2) is 36.4 Å². The number of nitrogens with two attached hydrogens (primary N) is 1. The van der Waals surface area contributed by atoms with Crippen molar-refractivity contribution in [3.8, 4) is 0 Å². The van der Waals surface area contributed by atoms with Crippen LogP contribution >= 0.6 is 0 Å². The van der Waals surface area contributed by atoms with E-state index in [1.807, 2.05) is 11.9 Å². The van der Waals surface area contributed by atoms with Gasteiger partial charge in [0.15, 0.2) is 0 Å². The fourth-order valence-corrected chi connectivity index (χ4v) is 1.76. The van der Waals surface area contributed by atoms with Crippen LogP contribution < -0.4 is 16.6 Å². The van der Waals surface area contributed by atoms with Crippen molar-refractivity contribution in [2.24, 2.45) is 5.84 Å². The molecule has 0 saturated carbocycles. The highest BCUT2D eigenvalue weighted by Crippen LogP contribution is 2.24. The topological polar surface area (TPSA) is 114 Å². The average molecular weight is 281 g/mol. The van der Waals surface area contributed by atoms with Crippen molar-refractivity contribution in [3.63, 3.8) is 0 Å². The molecule has 0 heterocycles. The highest BCUT2D eigenvalue weighted by Gasteiger charge is 2.13. The fraction of sp³-hybridized carbons (Fsp3) is 0.417. The Bertz CT molecular complexity index is 492. The Balaban J connectivity index is 2.68. The van der Waals surface area contributed by atoms with Crippen molar-refractivity contribution >= 4 is 17.3 Å². The summed E-state index contributed by atoms with van der Waals surface area (Å²) in [4.78, 5) is 23.4. The van der Waals surface area contributed by atoms with Gasteiger partial charge < -0.3 is 15.6 Å². The highest BCUT2D eigenvalue weighted by atomic mass is 16.6. The molecule has 1 aromatic carbocycles. The molecule has 1 rings (SSSR count). The molecule has 0 spiro atoms. The molecule has 0 fully saturated rings. The molecule has 1 amide bonds. The van der Waals surface area contributed by atoms with E-state index < -0.39 is 4.92 Å². The van der Waals surface area contributed by atoms with Crippen LogP contribution in [0.5, 0.6) is 0 Å². The highest BCUT2D eigenvalue weighted by molar-refractivity contribution is 5.75. The molecule has 0 saturated heterocycles. The zero-order chi connectivity index (χ0) is 15.1. The number of carbonyl (C=O) groups excluding carboxylic acids is 1. The first kappa shape index (κ1) is 15.9. The lowest BCUT2D eigenvalue weighted by Crippen LogP contribution is -2.26. The maximum atomic E-state index is 11.1. The summed E-state index contributed by atoms with van der Waals surface area (Å²) < 4.78 is 0. The molecule has 0 aliphatic rings. The number of anilines is 1. The van der Waals surface area contributed by atoms with E-state index in [1.165, 1.54) is 6.07 Å². The van der Waals surface area contributed by atoms with Crippen LogP contribution in [0.2, 0.25) is 0 Å². The predicted molar refractivity (Wildman–Crippen MR) is 75.9 cm³/mol. The SMILES string of the molecule is CNC(=O)CCN(C)Cc1ccc([N+](=O)[O-])c(NN)c1. The molecule has 110 valence electrons. The second-order valence-electron chi connectivity index (χ2n) is 4.41. The van der Waals surface area contributed by atoms with E-state index in [2.05, 4.69) is 10.7 Å². The Morgan fingerprint density at radius 3 is 2.75 bits per heavy atom. The van der Waals surface area contributed by atoms with Crippen molar-refractivity contribution in [2.75, 3.05) is 26.1 Å². The molecular weight excluding hydrogens is 262 g/mol. The largest absolute Gasteiger partial charge is 0.359 e. The number of nitrogens with zero attached hydrogens (tertiary/aromatic N) is 2. The first-order chi connectivity index (χ1) is 9.47. The van der Waals surface area contributed by atoms with Crippen molar-refractivity contribution in [2.45, 2.75) is 13.0 Å². The van der Waals surface area contributed by atoms with Crippen LogP contribution in [0.15, 0.2) is 18.2 Å². The van der Waals surface area contributed by atoms with Gasteiger partial charge in [0.25, 0.3) is 5.69 Å². The van der Waals surface area contributed by atoms with Crippen LogP contribution in [0, 0.1) is 10.1 Å². The number of nitrogen functional groups attached to an aromatic ring is 1. The summed E-state index contributed by atoms with van der Waals surface area (Å²) in [6.07, 6.45) is 0.405. The quantitative estimate of drug-likeness (QED) is 0.380. The number of nitrogens with one attached hydrogen (secondary N) is 2. The van der Waals surface area contributed by atoms with Gasteiger partial charge in [0.05, 0.1) is 4.92 Å². The lowest BCUT2D eigenvalue weighted by atomic mass is 10.1. The van der Waals surface area contributed by atoms with Crippen molar-refractivity contribution in [1.29, 1.82) is 0 Å². The second kappa shape index (κ2) is 7.41. The Labute approximate surface area is 117 Å². The van der Waals surface area contributed by atoms with Gasteiger partial charge in [-0.2, -0.15) is 0 Å². The van der Waals surface area contributed by atoms with E-state index in [0.717, 1.165) is 5.56 Å². The summed E-state index contributed by atoms with van der Waals surface area (Å²) in [6, 6.07) is 4.72. The third-order valence-corrected chi connectivity index (χ3v) is 2.87. The van der Waals surface area contributed by atoms with Crippen LogP contribution in [-0.2, 0) is 11.3 Å². The summed E-state index contributed by atoms with van der Waals surface area (Å²) in [6.45, 7) is 1.17. The third-order valence-electron chi connectivity index (χ3n) is 2.87. The van der Waals surface area contributed by atoms with Crippen LogP contribution in [0.25, 0.3) is 0 Å². The first-order valence-electron chi connectivity index (χ1n) is 6.11.